The SMILES string of the molecule is CCC(C)C(NC(=O)C(CS)NC(=O)C(N)Cc1ccc(O)cc1)C(=O)N1CCCC1C(=O)O. The summed E-state index contributed by atoms with van der Waals surface area (Å²) in [5, 5.41) is 24.1. The summed E-state index contributed by atoms with van der Waals surface area (Å²) in [6, 6.07) is 2.47. The van der Waals surface area contributed by atoms with Crippen molar-refractivity contribution in [3.63, 3.8) is 0 Å². The Labute approximate surface area is 204 Å². The number of thiol groups is 1. The number of aromatic hydroxyl groups is 1. The number of nitrogens with two attached hydrogens (primary N) is 1. The van der Waals surface area contributed by atoms with Crippen molar-refractivity contribution in [1.82, 2.24) is 15.5 Å². The summed E-state index contributed by atoms with van der Waals surface area (Å²) in [6.45, 7) is 3.99. The predicted octanol–water partition coefficient (Wildman–Crippen LogP) is 0.283. The maximum atomic E-state index is 13.2. The normalized spacial score (nSPS) is 19.1. The largest absolute Gasteiger partial charge is 0.508 e. The summed E-state index contributed by atoms with van der Waals surface area (Å²) in [7, 11) is 0. The molecule has 10 nitrogen and oxygen atoms in total. The smallest absolute Gasteiger partial charge is 0.326 e. The molecule has 0 radical (unpaired) electrons. The number of nitrogens with zero attached hydrogens (tertiary/aromatic N) is 1. The third-order valence-electron chi connectivity index (χ3n) is 6.14. The van der Waals surface area contributed by atoms with Crippen LogP contribution >= 0.6 is 12.6 Å². The number of hydrogen-bond acceptors (Lipinski definition) is 7. The Morgan fingerprint density at radius 2 is 1.82 bits per heavy atom. The van der Waals surface area contributed by atoms with Crippen LogP contribution in [0.3, 0.4) is 0 Å². The van der Waals surface area contributed by atoms with Crippen molar-refractivity contribution < 1.29 is 29.4 Å². The lowest BCUT2D eigenvalue weighted by molar-refractivity contribution is -0.150. The number of carboxylic acid groups (broad SMARTS) is 1. The molecule has 1 saturated heterocycles. The lowest BCUT2D eigenvalue weighted by Crippen LogP contribution is -2.59. The molecule has 0 bridgehead atoms. The number of amides is 3. The Kier molecular flexibility index (Phi) is 10.2. The molecule has 1 aliphatic heterocycles. The second kappa shape index (κ2) is 12.6. The molecule has 5 unspecified atom stereocenters. The number of carbonyl (C=O) groups excluding carboxylic acids is 3. The van der Waals surface area contributed by atoms with Crippen LogP contribution in [-0.2, 0) is 25.6 Å². The first-order chi connectivity index (χ1) is 16.1. The molecule has 1 aromatic carbocycles. The second-order valence-corrected chi connectivity index (χ2v) is 8.99. The van der Waals surface area contributed by atoms with Crippen LogP contribution in [0.25, 0.3) is 0 Å². The zero-order valence-corrected chi connectivity index (χ0v) is 20.3. The average Bonchev–Trinajstić information content (AvgIpc) is 3.31. The molecule has 0 saturated carbocycles. The first kappa shape index (κ1) is 27.5. The fourth-order valence-corrected chi connectivity index (χ4v) is 4.11. The number of carboxylic acids is 1. The van der Waals surface area contributed by atoms with E-state index in [2.05, 4.69) is 23.3 Å². The monoisotopic (exact) mass is 494 g/mol. The van der Waals surface area contributed by atoms with E-state index in [-0.39, 0.29) is 23.8 Å². The summed E-state index contributed by atoms with van der Waals surface area (Å²) in [5.74, 6) is -2.83. The van der Waals surface area contributed by atoms with Gasteiger partial charge in [0.25, 0.3) is 0 Å². The van der Waals surface area contributed by atoms with E-state index < -0.39 is 47.9 Å². The minimum absolute atomic E-state index is 0.0214. The highest BCUT2D eigenvalue weighted by Gasteiger charge is 2.39. The minimum atomic E-state index is -1.07. The van der Waals surface area contributed by atoms with Crippen molar-refractivity contribution in [1.29, 1.82) is 0 Å². The number of phenols is 1. The summed E-state index contributed by atoms with van der Waals surface area (Å²) in [5.41, 5.74) is 6.73. The molecule has 3 amide bonds. The first-order valence-corrected chi connectivity index (χ1v) is 12.0. The van der Waals surface area contributed by atoms with E-state index in [1.54, 1.807) is 19.1 Å². The van der Waals surface area contributed by atoms with E-state index in [0.717, 1.165) is 5.56 Å². The third-order valence-corrected chi connectivity index (χ3v) is 6.51. The zero-order chi connectivity index (χ0) is 25.4. The van der Waals surface area contributed by atoms with Gasteiger partial charge in [-0.3, -0.25) is 14.4 Å². The summed E-state index contributed by atoms with van der Waals surface area (Å²) >= 11 is 4.17. The molecule has 1 aromatic rings. The van der Waals surface area contributed by atoms with Gasteiger partial charge in [0.05, 0.1) is 6.04 Å². The molecule has 0 spiro atoms. The van der Waals surface area contributed by atoms with Gasteiger partial charge in [-0.15, -0.1) is 0 Å². The number of rotatable bonds is 11. The van der Waals surface area contributed by atoms with Crippen LogP contribution in [0.4, 0.5) is 0 Å². The lowest BCUT2D eigenvalue weighted by Gasteiger charge is -2.31. The number of aliphatic carboxylic acids is 1. The van der Waals surface area contributed by atoms with Gasteiger partial charge in [-0.25, -0.2) is 4.79 Å². The van der Waals surface area contributed by atoms with Gasteiger partial charge in [-0.1, -0.05) is 32.4 Å². The fourth-order valence-electron chi connectivity index (χ4n) is 3.85. The quantitative estimate of drug-likeness (QED) is 0.241. The zero-order valence-electron chi connectivity index (χ0n) is 19.4. The van der Waals surface area contributed by atoms with E-state index >= 15 is 0 Å². The molecular formula is C23H34N4O6S. The third kappa shape index (κ3) is 7.10. The highest BCUT2D eigenvalue weighted by Crippen LogP contribution is 2.21. The van der Waals surface area contributed by atoms with Crippen molar-refractivity contribution in [2.45, 2.75) is 63.7 Å². The number of hydrogen-bond donors (Lipinski definition) is 6. The van der Waals surface area contributed by atoms with Crippen molar-refractivity contribution in [2.75, 3.05) is 12.3 Å². The van der Waals surface area contributed by atoms with Crippen LogP contribution in [0.15, 0.2) is 24.3 Å². The highest BCUT2D eigenvalue weighted by atomic mass is 32.1. The maximum absolute atomic E-state index is 13.2. The van der Waals surface area contributed by atoms with Gasteiger partial charge in [0, 0.05) is 12.3 Å². The number of likely N-dealkylation sites (tertiary alicyclic amines) is 1. The first-order valence-electron chi connectivity index (χ1n) is 11.4. The van der Waals surface area contributed by atoms with Crippen LogP contribution in [-0.4, -0.2) is 75.3 Å². The second-order valence-electron chi connectivity index (χ2n) is 8.62. The molecule has 11 heteroatoms. The Balaban J connectivity index is 2.05. The van der Waals surface area contributed by atoms with Crippen molar-refractivity contribution in [3.05, 3.63) is 29.8 Å². The van der Waals surface area contributed by atoms with E-state index in [1.807, 2.05) is 6.92 Å². The van der Waals surface area contributed by atoms with Crippen LogP contribution < -0.4 is 16.4 Å². The molecule has 5 atom stereocenters. The van der Waals surface area contributed by atoms with Gasteiger partial charge < -0.3 is 31.5 Å². The molecule has 6 N–H and O–H groups in total. The Hall–Kier alpha value is -2.79. The average molecular weight is 495 g/mol. The summed E-state index contributed by atoms with van der Waals surface area (Å²) in [4.78, 5) is 51.5. The van der Waals surface area contributed by atoms with Crippen molar-refractivity contribution in [2.24, 2.45) is 11.7 Å². The van der Waals surface area contributed by atoms with Gasteiger partial charge >= 0.3 is 5.97 Å². The minimum Gasteiger partial charge on any atom is -0.508 e. The Bertz CT molecular complexity index is 881. The maximum Gasteiger partial charge on any atom is 0.326 e. The standard InChI is InChI=1S/C23H34N4O6S/c1-3-13(2)19(22(31)27-10-4-5-18(27)23(32)33)26-21(30)17(12-34)25-20(29)16(24)11-14-6-8-15(28)9-7-14/h6-9,13,16-19,28,34H,3-5,10-12,24H2,1-2H3,(H,25,29)(H,26,30)(H,32,33). The molecule has 1 fully saturated rings. The molecule has 2 rings (SSSR count). The molecule has 0 aliphatic carbocycles. The van der Waals surface area contributed by atoms with Crippen LogP contribution in [0.1, 0.15) is 38.7 Å². The molecule has 1 aliphatic rings. The van der Waals surface area contributed by atoms with E-state index in [4.69, 9.17) is 5.73 Å². The molecular weight excluding hydrogens is 460 g/mol. The number of phenolic OH excluding ortho intramolecular Hbond substituents is 1. The van der Waals surface area contributed by atoms with Crippen LogP contribution in [0, 0.1) is 5.92 Å². The van der Waals surface area contributed by atoms with E-state index in [9.17, 15) is 29.4 Å². The van der Waals surface area contributed by atoms with Crippen molar-refractivity contribution >= 4 is 36.3 Å². The highest BCUT2D eigenvalue weighted by molar-refractivity contribution is 7.80. The summed E-state index contributed by atoms with van der Waals surface area (Å²) < 4.78 is 0. The van der Waals surface area contributed by atoms with E-state index in [0.29, 0.717) is 25.8 Å². The van der Waals surface area contributed by atoms with E-state index in [1.165, 1.54) is 17.0 Å². The Morgan fingerprint density at radius 1 is 1.18 bits per heavy atom. The van der Waals surface area contributed by atoms with Crippen LogP contribution in [0.5, 0.6) is 5.75 Å². The molecule has 34 heavy (non-hydrogen) atoms. The Morgan fingerprint density at radius 3 is 2.38 bits per heavy atom. The fraction of sp³-hybridized carbons (Fsp3) is 0.565. The van der Waals surface area contributed by atoms with Crippen molar-refractivity contribution in [3.8, 4) is 5.75 Å². The van der Waals surface area contributed by atoms with Gasteiger partial charge in [0.1, 0.15) is 23.9 Å². The number of nitrogens with one attached hydrogen (secondary N) is 2. The number of benzene rings is 1. The molecule has 0 aromatic heterocycles. The molecule has 1 heterocycles. The molecule has 188 valence electrons. The topological polar surface area (TPSA) is 162 Å². The van der Waals surface area contributed by atoms with Gasteiger partial charge in [-0.2, -0.15) is 12.6 Å². The van der Waals surface area contributed by atoms with Gasteiger partial charge in [0.2, 0.25) is 17.7 Å². The predicted molar refractivity (Wildman–Crippen MR) is 129 cm³/mol. The van der Waals surface area contributed by atoms with Gasteiger partial charge in [0.15, 0.2) is 0 Å². The van der Waals surface area contributed by atoms with Gasteiger partial charge in [-0.05, 0) is 42.9 Å². The lowest BCUT2D eigenvalue weighted by atomic mass is 9.97. The van der Waals surface area contributed by atoms with Crippen LogP contribution in [0.2, 0.25) is 0 Å². The number of carbonyl (C=O) groups is 4. The summed E-state index contributed by atoms with van der Waals surface area (Å²) in [6.07, 6.45) is 1.73.